The number of phenolic OH excluding ortho intramolecular Hbond substituents is 1. The van der Waals surface area contributed by atoms with E-state index < -0.39 is 202 Å². The first kappa shape index (κ1) is 56.1. The summed E-state index contributed by atoms with van der Waals surface area (Å²) < 4.78 is 62.0. The van der Waals surface area contributed by atoms with Crippen molar-refractivity contribution in [3.05, 3.63) is 60.1 Å². The third-order valence-electron chi connectivity index (χ3n) is 14.1. The summed E-state index contributed by atoms with van der Waals surface area (Å²) in [5.41, 5.74) is -0.574. The number of hydrogen-bond donors (Lipinski definition) is 13. The normalized spacial score (nSPS) is 41.4. The molecule has 27 nitrogen and oxygen atoms in total. The number of aliphatic hydroxyl groups is 12. The lowest BCUT2D eigenvalue weighted by Crippen LogP contribution is -2.60. The van der Waals surface area contributed by atoms with Crippen LogP contribution in [0.5, 0.6) is 11.5 Å². The molecule has 7 rings (SSSR count). The summed E-state index contributed by atoms with van der Waals surface area (Å²) in [4.78, 5) is 41.0. The monoisotopic (exact) mass is 1050 g/mol. The Labute approximate surface area is 415 Å². The molecule has 1 aromatic carbocycles. The van der Waals surface area contributed by atoms with Gasteiger partial charge in [-0.2, -0.15) is 0 Å². The van der Waals surface area contributed by atoms with Gasteiger partial charge in [0.2, 0.25) is 18.9 Å². The minimum atomic E-state index is -1.86. The van der Waals surface area contributed by atoms with Crippen molar-refractivity contribution in [3.63, 3.8) is 0 Å². The lowest BCUT2D eigenvalue weighted by molar-refractivity contribution is -0.342. The molecule has 1 saturated carbocycles. The highest BCUT2D eigenvalue weighted by atomic mass is 16.8. The third kappa shape index (κ3) is 11.3. The first-order valence-electron chi connectivity index (χ1n) is 23.3. The molecule has 0 radical (unpaired) electrons. The van der Waals surface area contributed by atoms with Crippen LogP contribution in [0.2, 0.25) is 0 Å². The van der Waals surface area contributed by atoms with Gasteiger partial charge in [0.25, 0.3) is 0 Å². The number of aromatic hydroxyl groups is 1. The van der Waals surface area contributed by atoms with Gasteiger partial charge in [0.05, 0.1) is 57.2 Å². The van der Waals surface area contributed by atoms with Crippen LogP contribution in [0.25, 0.3) is 0 Å². The number of hydrogen-bond acceptors (Lipinski definition) is 27. The Kier molecular flexibility index (Phi) is 18.4. The maximum atomic E-state index is 14.1. The lowest BCUT2D eigenvalue weighted by Gasteiger charge is -2.43. The van der Waals surface area contributed by atoms with Crippen molar-refractivity contribution in [2.45, 2.75) is 131 Å². The van der Waals surface area contributed by atoms with Crippen molar-refractivity contribution in [1.29, 1.82) is 0 Å². The number of methoxy groups -OCH3 is 1. The van der Waals surface area contributed by atoms with Gasteiger partial charge in [-0.1, -0.05) is 19.1 Å². The highest BCUT2D eigenvalue weighted by molar-refractivity contribution is 5.93. The maximum Gasteiger partial charge on any atom is 0.342 e. The van der Waals surface area contributed by atoms with Crippen LogP contribution in [0, 0.1) is 29.6 Å². The molecule has 0 amide bonds. The van der Waals surface area contributed by atoms with Gasteiger partial charge in [0, 0.05) is 29.6 Å². The van der Waals surface area contributed by atoms with E-state index in [4.69, 9.17) is 52.1 Å². The Bertz CT molecular complexity index is 2150. The van der Waals surface area contributed by atoms with E-state index in [1.54, 1.807) is 6.92 Å². The molecule has 5 heterocycles. The number of fused-ring (bicyclic) bond motifs is 1. The Balaban J connectivity index is 1.09. The van der Waals surface area contributed by atoms with Gasteiger partial charge >= 0.3 is 17.9 Å². The van der Waals surface area contributed by atoms with E-state index in [1.807, 2.05) is 0 Å². The van der Waals surface area contributed by atoms with Crippen LogP contribution in [0.1, 0.15) is 30.1 Å². The smallest absolute Gasteiger partial charge is 0.342 e. The number of esters is 3. The Hall–Kier alpha value is -4.63. The van der Waals surface area contributed by atoms with Gasteiger partial charge in [-0.3, -0.25) is 0 Å². The lowest BCUT2D eigenvalue weighted by atomic mass is 9.81. The molecule has 1 aliphatic carbocycles. The first-order valence-corrected chi connectivity index (χ1v) is 23.3. The van der Waals surface area contributed by atoms with Crippen molar-refractivity contribution < 1.29 is 133 Å². The van der Waals surface area contributed by atoms with Crippen LogP contribution >= 0.6 is 0 Å². The highest BCUT2D eigenvalue weighted by Crippen LogP contribution is 2.49. The van der Waals surface area contributed by atoms with E-state index in [9.17, 15) is 80.8 Å². The average Bonchev–Trinajstić information content (AvgIpc) is 3.71. The van der Waals surface area contributed by atoms with Crippen LogP contribution in [0.15, 0.2) is 54.5 Å². The molecule has 23 unspecified atom stereocenters. The van der Waals surface area contributed by atoms with Crippen molar-refractivity contribution in [1.82, 2.24) is 0 Å². The molecule has 6 aliphatic rings. The second-order valence-electron chi connectivity index (χ2n) is 18.3. The van der Waals surface area contributed by atoms with Gasteiger partial charge < -0.3 is 118 Å². The number of phenols is 1. The zero-order chi connectivity index (χ0) is 53.2. The van der Waals surface area contributed by atoms with E-state index in [-0.39, 0.29) is 24.0 Å². The minimum absolute atomic E-state index is 0.0307. The quantitative estimate of drug-likeness (QED) is 0.0395. The third-order valence-corrected chi connectivity index (χ3v) is 14.1. The molecular weight excluding hydrogens is 984 g/mol. The second kappa shape index (κ2) is 23.9. The van der Waals surface area contributed by atoms with Crippen LogP contribution in [0.4, 0.5) is 0 Å². The SMILES string of the molecule is C=CC1C(OC2OC(CO)C(O)C(O)C2O)OC=C(C(=O)OC)C1CCOC(=O)C1=COC(OC2OC(CO)C(O)C(O)C2O)C2C1CC(OC(=O)c1cccc(OC3OC(CO)C(O)C(O)C3O)c1O)C2C. The molecule has 0 bridgehead atoms. The molecule has 4 fully saturated rings. The fraction of sp³-hybridized carbons (Fsp3) is 0.674. The van der Waals surface area contributed by atoms with Gasteiger partial charge in [-0.15, -0.1) is 6.58 Å². The van der Waals surface area contributed by atoms with E-state index in [0.29, 0.717) is 0 Å². The number of para-hydroxylation sites is 1. The number of aliphatic hydroxyl groups excluding tert-OH is 12. The van der Waals surface area contributed by atoms with Crippen molar-refractivity contribution >= 4 is 17.9 Å². The Morgan fingerprint density at radius 2 is 1.19 bits per heavy atom. The summed E-state index contributed by atoms with van der Waals surface area (Å²) >= 11 is 0. The molecule has 0 aromatic heterocycles. The number of carbonyl (C=O) groups is 3. The predicted molar refractivity (Wildman–Crippen MR) is 233 cm³/mol. The van der Waals surface area contributed by atoms with Crippen LogP contribution in [0.3, 0.4) is 0 Å². The van der Waals surface area contributed by atoms with E-state index in [1.165, 1.54) is 24.3 Å². The van der Waals surface area contributed by atoms with Gasteiger partial charge in [0.1, 0.15) is 84.9 Å². The standard InChI is InChI=1S/C46H62O27/c1-4-17-18(21(39(60)63-3)14-65-42(17)72-45-37(58)34(55)31(52)26(12-48)70-45)8-9-64-40(61)22-15-66-43(73-46-38(59)35(56)32(53)27(13-49)71-46)28-16(2)24(10-20(22)28)67-41(62)19-6-5-7-23(29(19)50)68-44-36(57)33(54)30(51)25(11-47)69-44/h4-7,14-18,20,24-28,30-38,42-59H,1,8-13H2,2-3H3. The summed E-state index contributed by atoms with van der Waals surface area (Å²) in [6.45, 7) is 2.75. The number of carbonyl (C=O) groups excluding carboxylic acids is 3. The van der Waals surface area contributed by atoms with Crippen LogP contribution in [-0.4, -0.2) is 229 Å². The largest absolute Gasteiger partial charge is 0.504 e. The van der Waals surface area contributed by atoms with E-state index in [2.05, 4.69) is 6.58 Å². The zero-order valence-electron chi connectivity index (χ0n) is 39.2. The molecule has 5 aliphatic heterocycles. The maximum absolute atomic E-state index is 14.1. The molecule has 73 heavy (non-hydrogen) atoms. The first-order chi connectivity index (χ1) is 34.8. The molecular formula is C46H62O27. The van der Waals surface area contributed by atoms with Crippen LogP contribution < -0.4 is 4.74 Å². The van der Waals surface area contributed by atoms with E-state index >= 15 is 0 Å². The average molecular weight is 1050 g/mol. The molecule has 13 N–H and O–H groups in total. The van der Waals surface area contributed by atoms with Gasteiger partial charge in [0.15, 0.2) is 24.1 Å². The second-order valence-corrected chi connectivity index (χ2v) is 18.3. The predicted octanol–water partition coefficient (Wildman–Crippen LogP) is -4.99. The van der Waals surface area contributed by atoms with Crippen molar-refractivity contribution in [3.8, 4) is 11.5 Å². The molecule has 23 atom stereocenters. The van der Waals surface area contributed by atoms with Gasteiger partial charge in [-0.25, -0.2) is 14.4 Å². The molecule has 1 aromatic rings. The topological polar surface area (TPSA) is 416 Å². The Morgan fingerprint density at radius 3 is 1.74 bits per heavy atom. The van der Waals surface area contributed by atoms with E-state index in [0.717, 1.165) is 19.6 Å². The number of benzene rings is 1. The molecule has 27 heteroatoms. The highest BCUT2D eigenvalue weighted by Gasteiger charge is 2.56. The molecule has 408 valence electrons. The summed E-state index contributed by atoms with van der Waals surface area (Å²) in [6, 6.07) is 3.67. The van der Waals surface area contributed by atoms with Crippen LogP contribution in [-0.2, 0) is 57.0 Å². The summed E-state index contributed by atoms with van der Waals surface area (Å²) in [6.07, 6.45) is -25.9. The molecule has 3 saturated heterocycles. The summed E-state index contributed by atoms with van der Waals surface area (Å²) in [7, 11) is 1.12. The van der Waals surface area contributed by atoms with Crippen molar-refractivity contribution in [2.75, 3.05) is 33.5 Å². The minimum Gasteiger partial charge on any atom is -0.504 e. The molecule has 0 spiro atoms. The summed E-state index contributed by atoms with van der Waals surface area (Å²) in [5, 5.41) is 134. The fourth-order valence-electron chi connectivity index (χ4n) is 9.84. The van der Waals surface area contributed by atoms with Gasteiger partial charge in [-0.05, 0) is 25.0 Å². The zero-order valence-corrected chi connectivity index (χ0v) is 39.2. The number of ether oxygens (including phenoxy) is 11. The number of rotatable bonds is 17. The summed E-state index contributed by atoms with van der Waals surface area (Å²) in [5.74, 6) is -8.61. The fourth-order valence-corrected chi connectivity index (χ4v) is 9.84. The van der Waals surface area contributed by atoms with Crippen molar-refractivity contribution in [2.24, 2.45) is 29.6 Å². The Morgan fingerprint density at radius 1 is 0.671 bits per heavy atom.